The Morgan fingerprint density at radius 3 is 2.40 bits per heavy atom. The average molecular weight is 461 g/mol. The summed E-state index contributed by atoms with van der Waals surface area (Å²) in [5.74, 6) is 1.03. The minimum absolute atomic E-state index is 0.538. The third-order valence-corrected chi connectivity index (χ3v) is 6.74. The summed E-state index contributed by atoms with van der Waals surface area (Å²) in [6.45, 7) is 0. The van der Waals surface area contributed by atoms with E-state index < -0.39 is 0 Å². The Morgan fingerprint density at radius 2 is 1.67 bits per heavy atom. The zero-order chi connectivity index (χ0) is 20.5. The molecule has 1 aliphatic carbocycles. The van der Waals surface area contributed by atoms with Gasteiger partial charge in [-0.05, 0) is 42.7 Å². The first kappa shape index (κ1) is 19.3. The van der Waals surface area contributed by atoms with Gasteiger partial charge in [-0.1, -0.05) is 65.5 Å². The normalized spacial score (nSPS) is 14.9. The molecule has 5 heteroatoms. The number of benzene rings is 2. The van der Waals surface area contributed by atoms with Crippen LogP contribution in [0.3, 0.4) is 0 Å². The highest BCUT2D eigenvalue weighted by atomic mass is 79.9. The molecule has 0 unspecified atom stereocenters. The zero-order valence-corrected chi connectivity index (χ0v) is 18.7. The summed E-state index contributed by atoms with van der Waals surface area (Å²) in [6, 6.07) is 19.5. The van der Waals surface area contributed by atoms with Crippen LogP contribution in [0, 0.1) is 0 Å². The Bertz CT molecular complexity index is 1150. The molecule has 0 saturated heterocycles. The lowest BCUT2D eigenvalue weighted by Gasteiger charge is -2.32. The number of halogens is 1. The molecule has 4 nitrogen and oxygen atoms in total. The summed E-state index contributed by atoms with van der Waals surface area (Å²) >= 11 is 3.54. The molecule has 0 amide bonds. The van der Waals surface area contributed by atoms with E-state index in [4.69, 9.17) is 9.97 Å². The van der Waals surface area contributed by atoms with Crippen molar-refractivity contribution in [1.29, 1.82) is 0 Å². The number of rotatable bonds is 4. The minimum Gasteiger partial charge on any atom is -0.356 e. The lowest BCUT2D eigenvalue weighted by Crippen LogP contribution is -2.34. The highest BCUT2D eigenvalue weighted by Crippen LogP contribution is 2.38. The highest BCUT2D eigenvalue weighted by molar-refractivity contribution is 9.10. The van der Waals surface area contributed by atoms with Crippen molar-refractivity contribution in [3.05, 3.63) is 71.6 Å². The number of nitrogens with zero attached hydrogens (tertiary/aromatic N) is 4. The zero-order valence-electron chi connectivity index (χ0n) is 17.1. The SMILES string of the molecule is CN(c1ncnc2c1c(-c1ccccc1)cn2-c1ccc(Br)cc1)C1CCCCC1. The van der Waals surface area contributed by atoms with E-state index >= 15 is 0 Å². The number of hydrogen-bond acceptors (Lipinski definition) is 3. The molecule has 152 valence electrons. The number of anilines is 1. The fourth-order valence-electron chi connectivity index (χ4n) is 4.59. The molecule has 0 aliphatic heterocycles. The molecule has 1 aliphatic rings. The van der Waals surface area contributed by atoms with Gasteiger partial charge < -0.3 is 9.47 Å². The second-order valence-electron chi connectivity index (χ2n) is 8.05. The summed E-state index contributed by atoms with van der Waals surface area (Å²) in [4.78, 5) is 11.9. The summed E-state index contributed by atoms with van der Waals surface area (Å²) in [6.07, 6.45) is 10.3. The van der Waals surface area contributed by atoms with Crippen LogP contribution in [0.1, 0.15) is 32.1 Å². The Labute approximate surface area is 185 Å². The monoisotopic (exact) mass is 460 g/mol. The van der Waals surface area contributed by atoms with Gasteiger partial charge in [0.1, 0.15) is 12.1 Å². The van der Waals surface area contributed by atoms with Gasteiger partial charge >= 0.3 is 0 Å². The Hall–Kier alpha value is -2.66. The molecule has 0 N–H and O–H groups in total. The second-order valence-corrected chi connectivity index (χ2v) is 8.97. The van der Waals surface area contributed by atoms with Crippen molar-refractivity contribution in [2.75, 3.05) is 11.9 Å². The first-order chi connectivity index (χ1) is 14.7. The van der Waals surface area contributed by atoms with Crippen LogP contribution in [0.4, 0.5) is 5.82 Å². The van der Waals surface area contributed by atoms with Crippen LogP contribution in [-0.2, 0) is 0 Å². The van der Waals surface area contributed by atoms with E-state index in [0.717, 1.165) is 27.0 Å². The van der Waals surface area contributed by atoms with Crippen LogP contribution >= 0.6 is 15.9 Å². The van der Waals surface area contributed by atoms with Gasteiger partial charge in [-0.2, -0.15) is 0 Å². The molecule has 2 heterocycles. The first-order valence-corrected chi connectivity index (χ1v) is 11.4. The van der Waals surface area contributed by atoms with Crippen LogP contribution in [0.25, 0.3) is 27.8 Å². The van der Waals surface area contributed by atoms with Gasteiger partial charge in [0.15, 0.2) is 5.65 Å². The molecule has 2 aromatic heterocycles. The lowest BCUT2D eigenvalue weighted by atomic mass is 9.94. The highest BCUT2D eigenvalue weighted by Gasteiger charge is 2.24. The van der Waals surface area contributed by atoms with E-state index in [1.54, 1.807) is 6.33 Å². The molecule has 4 aromatic rings. The fraction of sp³-hybridized carbons (Fsp3) is 0.280. The topological polar surface area (TPSA) is 34.0 Å². The molecule has 1 saturated carbocycles. The van der Waals surface area contributed by atoms with Crippen molar-refractivity contribution in [3.63, 3.8) is 0 Å². The van der Waals surface area contributed by atoms with Crippen LogP contribution in [0.2, 0.25) is 0 Å². The van der Waals surface area contributed by atoms with Gasteiger partial charge in [-0.15, -0.1) is 0 Å². The Kier molecular flexibility index (Phi) is 5.30. The predicted octanol–water partition coefficient (Wildman–Crippen LogP) is 6.62. The lowest BCUT2D eigenvalue weighted by molar-refractivity contribution is 0.426. The van der Waals surface area contributed by atoms with Crippen LogP contribution in [0.5, 0.6) is 0 Å². The molecular weight excluding hydrogens is 436 g/mol. The molecule has 0 radical (unpaired) electrons. The van der Waals surface area contributed by atoms with Crippen molar-refractivity contribution in [2.45, 2.75) is 38.1 Å². The van der Waals surface area contributed by atoms with Gasteiger partial charge in [0, 0.05) is 35.0 Å². The van der Waals surface area contributed by atoms with Gasteiger partial charge in [-0.3, -0.25) is 0 Å². The molecule has 0 atom stereocenters. The van der Waals surface area contributed by atoms with Gasteiger partial charge in [0.25, 0.3) is 0 Å². The van der Waals surface area contributed by atoms with Crippen molar-refractivity contribution in [2.24, 2.45) is 0 Å². The smallest absolute Gasteiger partial charge is 0.150 e. The molecule has 0 spiro atoms. The maximum atomic E-state index is 4.78. The van der Waals surface area contributed by atoms with Crippen LogP contribution < -0.4 is 4.90 Å². The number of hydrogen-bond donors (Lipinski definition) is 0. The van der Waals surface area contributed by atoms with E-state index in [9.17, 15) is 0 Å². The summed E-state index contributed by atoms with van der Waals surface area (Å²) in [7, 11) is 2.20. The fourth-order valence-corrected chi connectivity index (χ4v) is 4.85. The third-order valence-electron chi connectivity index (χ3n) is 6.21. The number of fused-ring (bicyclic) bond motifs is 1. The first-order valence-electron chi connectivity index (χ1n) is 10.6. The number of aromatic nitrogens is 3. The summed E-state index contributed by atoms with van der Waals surface area (Å²) in [5, 5.41) is 1.12. The van der Waals surface area contributed by atoms with Crippen molar-refractivity contribution in [1.82, 2.24) is 14.5 Å². The quantitative estimate of drug-likeness (QED) is 0.343. The van der Waals surface area contributed by atoms with Crippen molar-refractivity contribution >= 4 is 32.8 Å². The largest absolute Gasteiger partial charge is 0.356 e. The Balaban J connectivity index is 1.73. The molecule has 5 rings (SSSR count). The predicted molar refractivity (Wildman–Crippen MR) is 127 cm³/mol. The summed E-state index contributed by atoms with van der Waals surface area (Å²) < 4.78 is 3.25. The van der Waals surface area contributed by atoms with Crippen molar-refractivity contribution < 1.29 is 0 Å². The van der Waals surface area contributed by atoms with E-state index in [1.807, 2.05) is 0 Å². The maximum absolute atomic E-state index is 4.78. The second kappa shape index (κ2) is 8.23. The van der Waals surface area contributed by atoms with Gasteiger partial charge in [0.05, 0.1) is 5.39 Å². The Morgan fingerprint density at radius 1 is 0.933 bits per heavy atom. The van der Waals surface area contributed by atoms with E-state index in [1.165, 1.54) is 43.2 Å². The maximum Gasteiger partial charge on any atom is 0.150 e. The molecule has 0 bridgehead atoms. The average Bonchev–Trinajstić information content (AvgIpc) is 3.20. The molecule has 1 fully saturated rings. The van der Waals surface area contributed by atoms with Crippen LogP contribution in [-0.4, -0.2) is 27.6 Å². The standard InChI is InChI=1S/C25H25BrN4/c1-29(20-10-6-3-7-11-20)24-23-22(18-8-4-2-5-9-18)16-30(25(23)28-17-27-24)21-14-12-19(26)13-15-21/h2,4-5,8-9,12-17,20H,3,6-7,10-11H2,1H3. The molecular formula is C25H25BrN4. The summed E-state index contributed by atoms with van der Waals surface area (Å²) in [5.41, 5.74) is 4.40. The van der Waals surface area contributed by atoms with E-state index in [2.05, 4.69) is 93.2 Å². The van der Waals surface area contributed by atoms with E-state index in [0.29, 0.717) is 6.04 Å². The molecule has 30 heavy (non-hydrogen) atoms. The van der Waals surface area contributed by atoms with Crippen LogP contribution in [0.15, 0.2) is 71.6 Å². The third kappa shape index (κ3) is 3.52. The van der Waals surface area contributed by atoms with E-state index in [-0.39, 0.29) is 0 Å². The minimum atomic E-state index is 0.538. The van der Waals surface area contributed by atoms with Gasteiger partial charge in [-0.25, -0.2) is 9.97 Å². The molecule has 2 aromatic carbocycles. The van der Waals surface area contributed by atoms with Gasteiger partial charge in [0.2, 0.25) is 0 Å². The van der Waals surface area contributed by atoms with Crippen molar-refractivity contribution in [3.8, 4) is 16.8 Å².